The molecule has 1 aromatic rings. The van der Waals surface area contributed by atoms with Crippen molar-refractivity contribution in [2.45, 2.75) is 19.9 Å². The van der Waals surface area contributed by atoms with E-state index < -0.39 is 0 Å². The van der Waals surface area contributed by atoms with Crippen molar-refractivity contribution in [3.63, 3.8) is 0 Å². The summed E-state index contributed by atoms with van der Waals surface area (Å²) in [5, 5.41) is 0.431. The second-order valence-corrected chi connectivity index (χ2v) is 4.52. The maximum absolute atomic E-state index is 13.5. The first-order valence-corrected chi connectivity index (χ1v) is 6.31. The number of hydrogen-bond donors (Lipinski definition) is 0. The molecule has 0 saturated heterocycles. The predicted molar refractivity (Wildman–Crippen MR) is 67.7 cm³/mol. The molecule has 4 heteroatoms. The normalized spacial score (nSPS) is 11.1. The molecule has 0 aliphatic rings. The molecule has 1 nitrogen and oxygen atoms in total. The average molecular weight is 264 g/mol. The first kappa shape index (κ1) is 13.8. The predicted octanol–water partition coefficient (Wildman–Crippen LogP) is 3.93. The molecule has 1 rings (SSSR count). The molecule has 0 fully saturated rings. The lowest BCUT2D eigenvalue weighted by atomic mass is 10.2. The van der Waals surface area contributed by atoms with E-state index in [1.54, 1.807) is 12.1 Å². The minimum absolute atomic E-state index is 0.247. The third-order valence-electron chi connectivity index (χ3n) is 2.35. The van der Waals surface area contributed by atoms with Gasteiger partial charge in [-0.1, -0.05) is 24.6 Å². The van der Waals surface area contributed by atoms with E-state index in [1.807, 2.05) is 0 Å². The largest absolute Gasteiger partial charge is 0.298 e. The quantitative estimate of drug-likeness (QED) is 0.704. The molecule has 0 aliphatic heterocycles. The average Bonchev–Trinajstić information content (AvgIpc) is 2.23. The fraction of sp³-hybridized carbons (Fsp3) is 0.500. The molecule has 0 radical (unpaired) electrons. The van der Waals surface area contributed by atoms with E-state index in [-0.39, 0.29) is 5.82 Å². The van der Waals surface area contributed by atoms with E-state index in [1.165, 1.54) is 6.07 Å². The van der Waals surface area contributed by atoms with Crippen LogP contribution >= 0.6 is 23.2 Å². The van der Waals surface area contributed by atoms with Crippen LogP contribution in [-0.4, -0.2) is 23.9 Å². The van der Waals surface area contributed by atoms with Gasteiger partial charge in [-0.05, 0) is 25.1 Å². The smallest absolute Gasteiger partial charge is 0.129 e. The molecule has 0 atom stereocenters. The first-order chi connectivity index (χ1) is 7.67. The lowest BCUT2D eigenvalue weighted by Gasteiger charge is -2.20. The van der Waals surface area contributed by atoms with Gasteiger partial charge in [-0.15, -0.1) is 11.6 Å². The first-order valence-electron chi connectivity index (χ1n) is 5.39. The molecule has 0 saturated carbocycles. The van der Waals surface area contributed by atoms with Crippen molar-refractivity contribution >= 4 is 23.2 Å². The number of halogens is 3. The zero-order valence-electron chi connectivity index (χ0n) is 9.35. The van der Waals surface area contributed by atoms with Gasteiger partial charge in [0.2, 0.25) is 0 Å². The Labute approximate surface area is 106 Å². The van der Waals surface area contributed by atoms with Gasteiger partial charge in [0.05, 0.1) is 0 Å². The summed E-state index contributed by atoms with van der Waals surface area (Å²) in [4.78, 5) is 2.14. The maximum atomic E-state index is 13.5. The van der Waals surface area contributed by atoms with Gasteiger partial charge in [0, 0.05) is 29.6 Å². The van der Waals surface area contributed by atoms with Gasteiger partial charge in [0.25, 0.3) is 0 Å². The van der Waals surface area contributed by atoms with Gasteiger partial charge < -0.3 is 0 Å². The lowest BCUT2D eigenvalue weighted by molar-refractivity contribution is 0.278. The van der Waals surface area contributed by atoms with E-state index in [0.717, 1.165) is 19.5 Å². The number of nitrogens with zero attached hydrogens (tertiary/aromatic N) is 1. The van der Waals surface area contributed by atoms with Crippen molar-refractivity contribution < 1.29 is 4.39 Å². The summed E-state index contributed by atoms with van der Waals surface area (Å²) in [5.74, 6) is 0.318. The van der Waals surface area contributed by atoms with Crippen LogP contribution in [0.15, 0.2) is 18.2 Å². The summed E-state index contributed by atoms with van der Waals surface area (Å²) in [6, 6.07) is 4.79. The second-order valence-electron chi connectivity index (χ2n) is 3.70. The molecule has 0 amide bonds. The molecule has 0 heterocycles. The van der Waals surface area contributed by atoms with Gasteiger partial charge in [-0.3, -0.25) is 4.90 Å². The van der Waals surface area contributed by atoms with Crippen molar-refractivity contribution in [2.24, 2.45) is 0 Å². The Bertz CT molecular complexity index is 325. The molecule has 0 bridgehead atoms. The summed E-state index contributed by atoms with van der Waals surface area (Å²) in [6.45, 7) is 4.38. The Morgan fingerprint density at radius 3 is 2.62 bits per heavy atom. The van der Waals surface area contributed by atoms with Crippen LogP contribution in [0.2, 0.25) is 5.02 Å². The SMILES string of the molecule is CCCN(CCCl)Cc1ccc(Cl)cc1F. The number of rotatable bonds is 6. The van der Waals surface area contributed by atoms with E-state index in [2.05, 4.69) is 11.8 Å². The monoisotopic (exact) mass is 263 g/mol. The van der Waals surface area contributed by atoms with Crippen molar-refractivity contribution in [3.8, 4) is 0 Å². The van der Waals surface area contributed by atoms with Crippen LogP contribution in [0.25, 0.3) is 0 Å². The summed E-state index contributed by atoms with van der Waals surface area (Å²) in [5.41, 5.74) is 0.669. The van der Waals surface area contributed by atoms with Gasteiger partial charge in [-0.2, -0.15) is 0 Å². The Hall–Kier alpha value is -0.310. The molecule has 0 N–H and O–H groups in total. The van der Waals surface area contributed by atoms with E-state index in [0.29, 0.717) is 23.0 Å². The van der Waals surface area contributed by atoms with Crippen LogP contribution in [0.3, 0.4) is 0 Å². The summed E-state index contributed by atoms with van der Waals surface area (Å²) < 4.78 is 13.5. The Morgan fingerprint density at radius 1 is 1.31 bits per heavy atom. The molecular weight excluding hydrogens is 248 g/mol. The lowest BCUT2D eigenvalue weighted by Crippen LogP contribution is -2.26. The Balaban J connectivity index is 2.68. The maximum Gasteiger partial charge on any atom is 0.129 e. The zero-order valence-corrected chi connectivity index (χ0v) is 10.9. The van der Waals surface area contributed by atoms with E-state index in [4.69, 9.17) is 23.2 Å². The molecule has 16 heavy (non-hydrogen) atoms. The molecular formula is C12H16Cl2FN. The molecule has 0 aliphatic carbocycles. The summed E-state index contributed by atoms with van der Waals surface area (Å²) >= 11 is 11.4. The highest BCUT2D eigenvalue weighted by molar-refractivity contribution is 6.30. The fourth-order valence-corrected chi connectivity index (χ4v) is 1.99. The van der Waals surface area contributed by atoms with Crippen molar-refractivity contribution in [1.82, 2.24) is 4.90 Å². The van der Waals surface area contributed by atoms with Gasteiger partial charge in [0.1, 0.15) is 5.82 Å². The number of hydrogen-bond acceptors (Lipinski definition) is 1. The highest BCUT2D eigenvalue weighted by atomic mass is 35.5. The standard InChI is InChI=1S/C12H16Cl2FN/c1-2-6-16(7-5-13)9-10-3-4-11(14)8-12(10)15/h3-4,8H,2,5-7,9H2,1H3. The fourth-order valence-electron chi connectivity index (χ4n) is 1.60. The number of alkyl halides is 1. The molecule has 0 spiro atoms. The summed E-state index contributed by atoms with van der Waals surface area (Å²) in [6.07, 6.45) is 1.03. The third kappa shape index (κ3) is 4.28. The minimum atomic E-state index is -0.247. The Morgan fingerprint density at radius 2 is 2.06 bits per heavy atom. The molecule has 0 unspecified atom stereocenters. The van der Waals surface area contributed by atoms with Gasteiger partial charge in [0.15, 0.2) is 0 Å². The highest BCUT2D eigenvalue weighted by Gasteiger charge is 2.08. The van der Waals surface area contributed by atoms with Crippen molar-refractivity contribution in [1.29, 1.82) is 0 Å². The minimum Gasteiger partial charge on any atom is -0.298 e. The van der Waals surface area contributed by atoms with E-state index in [9.17, 15) is 4.39 Å². The third-order valence-corrected chi connectivity index (χ3v) is 2.75. The van der Waals surface area contributed by atoms with Crippen molar-refractivity contribution in [3.05, 3.63) is 34.6 Å². The zero-order chi connectivity index (χ0) is 12.0. The Kier molecular flexibility index (Phi) is 6.10. The van der Waals surface area contributed by atoms with E-state index >= 15 is 0 Å². The van der Waals surface area contributed by atoms with Crippen LogP contribution in [0.5, 0.6) is 0 Å². The van der Waals surface area contributed by atoms with Crippen LogP contribution < -0.4 is 0 Å². The van der Waals surface area contributed by atoms with Gasteiger partial charge in [-0.25, -0.2) is 4.39 Å². The second kappa shape index (κ2) is 7.10. The van der Waals surface area contributed by atoms with Crippen LogP contribution in [0.1, 0.15) is 18.9 Å². The molecule has 90 valence electrons. The molecule has 1 aromatic carbocycles. The number of benzene rings is 1. The molecule has 0 aromatic heterocycles. The van der Waals surface area contributed by atoms with Crippen LogP contribution in [-0.2, 0) is 6.54 Å². The van der Waals surface area contributed by atoms with Crippen LogP contribution in [0, 0.1) is 5.82 Å². The highest BCUT2D eigenvalue weighted by Crippen LogP contribution is 2.16. The van der Waals surface area contributed by atoms with Crippen molar-refractivity contribution in [2.75, 3.05) is 19.0 Å². The summed E-state index contributed by atoms with van der Waals surface area (Å²) in [7, 11) is 0. The van der Waals surface area contributed by atoms with Crippen LogP contribution in [0.4, 0.5) is 4.39 Å². The topological polar surface area (TPSA) is 3.24 Å². The van der Waals surface area contributed by atoms with Gasteiger partial charge >= 0.3 is 0 Å².